The van der Waals surface area contributed by atoms with Gasteiger partial charge in [0.2, 0.25) is 0 Å². The Balaban J connectivity index is 1.70. The van der Waals surface area contributed by atoms with Gasteiger partial charge in [0.1, 0.15) is 11.6 Å². The Kier molecular flexibility index (Phi) is 2.68. The average molecular weight is 240 g/mol. The van der Waals surface area contributed by atoms with Gasteiger partial charge in [0, 0.05) is 12.6 Å². The second-order valence-corrected chi connectivity index (χ2v) is 4.12. The largest absolute Gasteiger partial charge is 0.480 e. The third-order valence-electron chi connectivity index (χ3n) is 2.86. The molecule has 4 nitrogen and oxygen atoms in total. The number of amides is 1. The predicted octanol–water partition coefficient (Wildman–Crippen LogP) is 2.02. The van der Waals surface area contributed by atoms with Gasteiger partial charge in [-0.15, -0.1) is 0 Å². The molecule has 0 bridgehead atoms. The van der Waals surface area contributed by atoms with Crippen molar-refractivity contribution in [2.75, 3.05) is 5.32 Å². The Labute approximate surface area is 105 Å². The SMILES string of the molecule is O=C(Nc1ccccn1)C1Cc2ccccc2O1. The first-order valence-corrected chi connectivity index (χ1v) is 5.79. The van der Waals surface area contributed by atoms with Crippen molar-refractivity contribution in [1.82, 2.24) is 4.98 Å². The summed E-state index contributed by atoms with van der Waals surface area (Å²) in [6, 6.07) is 13.1. The van der Waals surface area contributed by atoms with Crippen molar-refractivity contribution in [3.8, 4) is 5.75 Å². The Morgan fingerprint density at radius 1 is 1.22 bits per heavy atom. The fourth-order valence-corrected chi connectivity index (χ4v) is 1.97. The maximum absolute atomic E-state index is 12.0. The first kappa shape index (κ1) is 10.8. The third-order valence-corrected chi connectivity index (χ3v) is 2.86. The standard InChI is InChI=1S/C14H12N2O2/c17-14(16-13-7-3-4-8-15-13)12-9-10-5-1-2-6-11(10)18-12/h1-8,12H,9H2,(H,15,16,17). The van der Waals surface area contributed by atoms with E-state index in [0.29, 0.717) is 12.2 Å². The molecule has 0 radical (unpaired) electrons. The molecule has 1 aliphatic heterocycles. The minimum absolute atomic E-state index is 0.162. The molecule has 2 heterocycles. The van der Waals surface area contributed by atoms with Crippen LogP contribution in [0.3, 0.4) is 0 Å². The summed E-state index contributed by atoms with van der Waals surface area (Å²) < 4.78 is 5.60. The molecule has 0 spiro atoms. The van der Waals surface area contributed by atoms with Crippen molar-refractivity contribution in [3.63, 3.8) is 0 Å². The van der Waals surface area contributed by atoms with Crippen LogP contribution in [0.25, 0.3) is 0 Å². The number of anilines is 1. The van der Waals surface area contributed by atoms with Gasteiger partial charge in [0.15, 0.2) is 6.10 Å². The summed E-state index contributed by atoms with van der Waals surface area (Å²) in [5.41, 5.74) is 1.07. The summed E-state index contributed by atoms with van der Waals surface area (Å²) in [4.78, 5) is 16.1. The second-order valence-electron chi connectivity index (χ2n) is 4.12. The minimum atomic E-state index is -0.468. The molecule has 0 saturated heterocycles. The van der Waals surface area contributed by atoms with Gasteiger partial charge in [-0.1, -0.05) is 24.3 Å². The van der Waals surface area contributed by atoms with Crippen LogP contribution < -0.4 is 10.1 Å². The number of pyridine rings is 1. The summed E-state index contributed by atoms with van der Waals surface area (Å²) in [6.07, 6.45) is 1.78. The lowest BCUT2D eigenvalue weighted by Crippen LogP contribution is -2.31. The van der Waals surface area contributed by atoms with Crippen LogP contribution in [0.4, 0.5) is 5.82 Å². The molecule has 0 saturated carbocycles. The molecule has 1 N–H and O–H groups in total. The zero-order valence-corrected chi connectivity index (χ0v) is 9.67. The van der Waals surface area contributed by atoms with Gasteiger partial charge in [0.25, 0.3) is 5.91 Å². The molecule has 0 fully saturated rings. The number of ether oxygens (including phenoxy) is 1. The first-order chi connectivity index (χ1) is 8.83. The maximum atomic E-state index is 12.0. The first-order valence-electron chi connectivity index (χ1n) is 5.79. The molecular weight excluding hydrogens is 228 g/mol. The molecule has 0 aliphatic carbocycles. The van der Waals surface area contributed by atoms with E-state index in [2.05, 4.69) is 10.3 Å². The van der Waals surface area contributed by atoms with Gasteiger partial charge < -0.3 is 10.1 Å². The van der Waals surface area contributed by atoms with E-state index in [-0.39, 0.29) is 5.91 Å². The molecule has 4 heteroatoms. The zero-order valence-electron chi connectivity index (χ0n) is 9.67. The van der Waals surface area contributed by atoms with E-state index in [4.69, 9.17) is 4.74 Å². The fourth-order valence-electron chi connectivity index (χ4n) is 1.97. The number of fused-ring (bicyclic) bond motifs is 1. The Morgan fingerprint density at radius 2 is 2.06 bits per heavy atom. The predicted molar refractivity (Wildman–Crippen MR) is 67.4 cm³/mol. The number of hydrogen-bond donors (Lipinski definition) is 1. The van der Waals surface area contributed by atoms with Crippen molar-refractivity contribution in [1.29, 1.82) is 0 Å². The van der Waals surface area contributed by atoms with Gasteiger partial charge in [-0.2, -0.15) is 0 Å². The summed E-state index contributed by atoms with van der Waals surface area (Å²) in [5, 5.41) is 2.74. The lowest BCUT2D eigenvalue weighted by molar-refractivity contribution is -0.122. The van der Waals surface area contributed by atoms with Crippen LogP contribution in [0.15, 0.2) is 48.7 Å². The number of carbonyl (C=O) groups excluding carboxylic acids is 1. The highest BCUT2D eigenvalue weighted by Crippen LogP contribution is 2.28. The summed E-state index contributed by atoms with van der Waals surface area (Å²) in [5.74, 6) is 1.17. The highest BCUT2D eigenvalue weighted by molar-refractivity contribution is 5.94. The van der Waals surface area contributed by atoms with Crippen molar-refractivity contribution in [2.45, 2.75) is 12.5 Å². The van der Waals surface area contributed by atoms with Crippen LogP contribution in [-0.4, -0.2) is 17.0 Å². The number of hydrogen-bond acceptors (Lipinski definition) is 3. The molecule has 1 atom stereocenters. The van der Waals surface area contributed by atoms with E-state index in [1.165, 1.54) is 0 Å². The number of carbonyl (C=O) groups is 1. The smallest absolute Gasteiger partial charge is 0.266 e. The highest BCUT2D eigenvalue weighted by atomic mass is 16.5. The normalized spacial score (nSPS) is 16.8. The maximum Gasteiger partial charge on any atom is 0.266 e. The van der Waals surface area contributed by atoms with Crippen LogP contribution in [0, 0.1) is 0 Å². The number of aromatic nitrogens is 1. The van der Waals surface area contributed by atoms with Crippen LogP contribution in [-0.2, 0) is 11.2 Å². The number of para-hydroxylation sites is 1. The molecule has 2 aromatic rings. The van der Waals surface area contributed by atoms with Gasteiger partial charge in [-0.05, 0) is 23.8 Å². The molecule has 3 rings (SSSR count). The Morgan fingerprint density at radius 3 is 2.83 bits per heavy atom. The van der Waals surface area contributed by atoms with Crippen LogP contribution in [0.2, 0.25) is 0 Å². The van der Waals surface area contributed by atoms with E-state index in [1.54, 1.807) is 18.3 Å². The summed E-state index contributed by atoms with van der Waals surface area (Å²) >= 11 is 0. The molecule has 1 unspecified atom stereocenters. The topological polar surface area (TPSA) is 51.2 Å². The van der Waals surface area contributed by atoms with E-state index in [1.807, 2.05) is 30.3 Å². The van der Waals surface area contributed by atoms with Gasteiger partial charge in [-0.25, -0.2) is 4.98 Å². The monoisotopic (exact) mass is 240 g/mol. The highest BCUT2D eigenvalue weighted by Gasteiger charge is 2.28. The van der Waals surface area contributed by atoms with E-state index >= 15 is 0 Å². The number of benzene rings is 1. The second kappa shape index (κ2) is 4.49. The fraction of sp³-hybridized carbons (Fsp3) is 0.143. The number of rotatable bonds is 2. The lowest BCUT2D eigenvalue weighted by atomic mass is 10.1. The molecule has 1 aliphatic rings. The van der Waals surface area contributed by atoms with Crippen molar-refractivity contribution < 1.29 is 9.53 Å². The Bertz CT molecular complexity index is 544. The number of nitrogens with zero attached hydrogens (tertiary/aromatic N) is 1. The quantitative estimate of drug-likeness (QED) is 0.873. The molecular formula is C14H12N2O2. The van der Waals surface area contributed by atoms with E-state index in [0.717, 1.165) is 11.3 Å². The Hall–Kier alpha value is -2.36. The molecule has 90 valence electrons. The van der Waals surface area contributed by atoms with E-state index < -0.39 is 6.10 Å². The van der Waals surface area contributed by atoms with Crippen molar-refractivity contribution >= 4 is 11.7 Å². The van der Waals surface area contributed by atoms with E-state index in [9.17, 15) is 4.79 Å². The molecule has 18 heavy (non-hydrogen) atoms. The zero-order chi connectivity index (χ0) is 12.4. The lowest BCUT2D eigenvalue weighted by Gasteiger charge is -2.10. The molecule has 1 amide bonds. The van der Waals surface area contributed by atoms with Crippen molar-refractivity contribution in [3.05, 3.63) is 54.2 Å². The van der Waals surface area contributed by atoms with Gasteiger partial charge in [-0.3, -0.25) is 4.79 Å². The molecule has 1 aromatic heterocycles. The average Bonchev–Trinajstić information content (AvgIpc) is 2.84. The van der Waals surface area contributed by atoms with Crippen LogP contribution >= 0.6 is 0 Å². The summed E-state index contributed by atoms with van der Waals surface area (Å²) in [7, 11) is 0. The van der Waals surface area contributed by atoms with Gasteiger partial charge >= 0.3 is 0 Å². The molecule has 1 aromatic carbocycles. The van der Waals surface area contributed by atoms with Crippen molar-refractivity contribution in [2.24, 2.45) is 0 Å². The third kappa shape index (κ3) is 2.05. The van der Waals surface area contributed by atoms with Gasteiger partial charge in [0.05, 0.1) is 0 Å². The minimum Gasteiger partial charge on any atom is -0.480 e. The summed E-state index contributed by atoms with van der Waals surface area (Å²) in [6.45, 7) is 0. The number of nitrogens with one attached hydrogen (secondary N) is 1. The van der Waals surface area contributed by atoms with Crippen LogP contribution in [0.5, 0.6) is 5.75 Å². The van der Waals surface area contributed by atoms with Crippen LogP contribution in [0.1, 0.15) is 5.56 Å².